The normalized spacial score (nSPS) is 11.9. The highest BCUT2D eigenvalue weighted by molar-refractivity contribution is 6.30. The van der Waals surface area contributed by atoms with Crippen molar-refractivity contribution in [3.05, 3.63) is 71.0 Å². The molecule has 3 rings (SSSR count). The lowest BCUT2D eigenvalue weighted by atomic mass is 10.0. The first-order chi connectivity index (χ1) is 14.0. The summed E-state index contributed by atoms with van der Waals surface area (Å²) in [5.74, 6) is -0.753. The van der Waals surface area contributed by atoms with Crippen LogP contribution in [0.4, 0.5) is 0 Å². The van der Waals surface area contributed by atoms with Crippen LogP contribution in [0, 0.1) is 5.92 Å². The molecule has 1 aromatic heterocycles. The Balaban J connectivity index is 1.66. The van der Waals surface area contributed by atoms with Gasteiger partial charge in [-0.05, 0) is 52.7 Å². The molecule has 0 unspecified atom stereocenters. The van der Waals surface area contributed by atoms with Gasteiger partial charge in [0.15, 0.2) is 12.4 Å². The van der Waals surface area contributed by atoms with Gasteiger partial charge in [0.25, 0.3) is 5.91 Å². The summed E-state index contributed by atoms with van der Waals surface area (Å²) in [6.07, 6.45) is 0. The van der Waals surface area contributed by atoms with Gasteiger partial charge in [0, 0.05) is 10.6 Å². The molecule has 150 valence electrons. The molecule has 0 saturated heterocycles. The number of rotatable bonds is 7. The van der Waals surface area contributed by atoms with E-state index in [1.165, 1.54) is 4.68 Å². The van der Waals surface area contributed by atoms with E-state index in [-0.39, 0.29) is 18.4 Å². The summed E-state index contributed by atoms with van der Waals surface area (Å²) < 4.78 is 6.88. The van der Waals surface area contributed by atoms with Crippen molar-refractivity contribution in [2.75, 3.05) is 0 Å². The van der Waals surface area contributed by atoms with Gasteiger partial charge in [-0.3, -0.25) is 4.79 Å². The third kappa shape index (κ3) is 5.17. The third-order valence-electron chi connectivity index (χ3n) is 4.19. The van der Waals surface area contributed by atoms with Crippen molar-refractivity contribution in [2.24, 2.45) is 5.92 Å². The van der Waals surface area contributed by atoms with E-state index >= 15 is 0 Å². The minimum atomic E-state index is -0.820. The summed E-state index contributed by atoms with van der Waals surface area (Å²) in [6, 6.07) is 14.9. The molecule has 0 aliphatic heterocycles. The van der Waals surface area contributed by atoms with Gasteiger partial charge in [0.2, 0.25) is 0 Å². The molecule has 0 aliphatic rings. The fraction of sp³-hybridized carbons (Fsp3) is 0.250. The Morgan fingerprint density at radius 2 is 1.79 bits per heavy atom. The molecule has 0 radical (unpaired) electrons. The van der Waals surface area contributed by atoms with Crippen molar-refractivity contribution in [1.29, 1.82) is 0 Å². The molecule has 29 heavy (non-hydrogen) atoms. The predicted octanol–water partition coefficient (Wildman–Crippen LogP) is 2.81. The zero-order valence-electron chi connectivity index (χ0n) is 15.9. The molecule has 3 aromatic rings. The van der Waals surface area contributed by atoms with E-state index in [4.69, 9.17) is 16.3 Å². The number of amides is 1. The van der Waals surface area contributed by atoms with Gasteiger partial charge in [0.05, 0.1) is 5.69 Å². The molecule has 1 atom stereocenters. The van der Waals surface area contributed by atoms with Crippen LogP contribution in [0.15, 0.2) is 54.6 Å². The molecule has 0 aliphatic carbocycles. The van der Waals surface area contributed by atoms with Crippen molar-refractivity contribution >= 4 is 23.5 Å². The fourth-order valence-electron chi connectivity index (χ4n) is 2.61. The summed E-state index contributed by atoms with van der Waals surface area (Å²) in [7, 11) is 0. The van der Waals surface area contributed by atoms with E-state index in [9.17, 15) is 9.59 Å². The van der Waals surface area contributed by atoms with Gasteiger partial charge in [-0.15, -0.1) is 5.10 Å². The summed E-state index contributed by atoms with van der Waals surface area (Å²) in [6.45, 7) is 3.52. The molecular weight excluding hydrogens is 394 g/mol. The number of hydrogen-bond acceptors (Lipinski definition) is 6. The zero-order chi connectivity index (χ0) is 20.8. The second-order valence-electron chi connectivity index (χ2n) is 6.65. The molecule has 0 bridgehead atoms. The number of benzene rings is 2. The van der Waals surface area contributed by atoms with Crippen molar-refractivity contribution in [1.82, 2.24) is 25.5 Å². The average Bonchev–Trinajstić information content (AvgIpc) is 3.19. The van der Waals surface area contributed by atoms with Gasteiger partial charge < -0.3 is 10.1 Å². The number of nitrogens with one attached hydrogen (secondary N) is 1. The molecule has 8 nitrogen and oxygen atoms in total. The van der Waals surface area contributed by atoms with E-state index in [2.05, 4.69) is 20.8 Å². The lowest BCUT2D eigenvalue weighted by Crippen LogP contribution is -2.45. The average molecular weight is 414 g/mol. The van der Waals surface area contributed by atoms with E-state index in [0.717, 1.165) is 5.69 Å². The second kappa shape index (κ2) is 9.29. The summed E-state index contributed by atoms with van der Waals surface area (Å²) in [5.41, 5.74) is 1.15. The van der Waals surface area contributed by atoms with Crippen LogP contribution in [0.3, 0.4) is 0 Å². The molecule has 0 spiro atoms. The summed E-state index contributed by atoms with van der Waals surface area (Å²) >= 11 is 5.85. The third-order valence-corrected chi connectivity index (χ3v) is 4.44. The van der Waals surface area contributed by atoms with Gasteiger partial charge in [-0.2, -0.15) is 4.68 Å². The molecule has 0 saturated carbocycles. The molecule has 9 heteroatoms. The maximum absolute atomic E-state index is 12.6. The van der Waals surface area contributed by atoms with Crippen LogP contribution in [-0.2, 0) is 16.1 Å². The van der Waals surface area contributed by atoms with E-state index in [1.54, 1.807) is 24.3 Å². The highest BCUT2D eigenvalue weighted by Gasteiger charge is 2.27. The standard InChI is InChI=1S/C20H20ClN5O3/c1-13(2)18(22-19(27)14-8-10-15(21)11-9-14)20(28)29-12-17-23-24-25-26(17)16-6-4-3-5-7-16/h3-11,13,18H,12H2,1-2H3,(H,22,27)/t18-/m0/s1. The molecule has 1 heterocycles. The Bertz CT molecular complexity index is 973. The van der Waals surface area contributed by atoms with Crippen LogP contribution in [0.5, 0.6) is 0 Å². The number of hydrogen-bond donors (Lipinski definition) is 1. The van der Waals surface area contributed by atoms with E-state index in [1.807, 2.05) is 44.2 Å². The summed E-state index contributed by atoms with van der Waals surface area (Å²) in [4.78, 5) is 25.1. The van der Waals surface area contributed by atoms with Gasteiger partial charge >= 0.3 is 5.97 Å². The number of carbonyl (C=O) groups is 2. The maximum atomic E-state index is 12.6. The van der Waals surface area contributed by atoms with Crippen molar-refractivity contribution < 1.29 is 14.3 Å². The van der Waals surface area contributed by atoms with Crippen LogP contribution in [0.25, 0.3) is 5.69 Å². The monoisotopic (exact) mass is 413 g/mol. The van der Waals surface area contributed by atoms with Gasteiger partial charge in [0.1, 0.15) is 6.04 Å². The zero-order valence-corrected chi connectivity index (χ0v) is 16.7. The molecule has 1 N–H and O–H groups in total. The Morgan fingerprint density at radius 3 is 2.45 bits per heavy atom. The lowest BCUT2D eigenvalue weighted by molar-refractivity contribution is -0.148. The first-order valence-corrected chi connectivity index (χ1v) is 9.39. The quantitative estimate of drug-likeness (QED) is 0.598. The van der Waals surface area contributed by atoms with Crippen LogP contribution in [0.2, 0.25) is 5.02 Å². The highest BCUT2D eigenvalue weighted by Crippen LogP contribution is 2.12. The van der Waals surface area contributed by atoms with E-state index < -0.39 is 12.0 Å². The number of halogens is 1. The Labute approximate surface area is 172 Å². The van der Waals surface area contributed by atoms with Crippen LogP contribution >= 0.6 is 11.6 Å². The Kier molecular flexibility index (Phi) is 6.56. The minimum absolute atomic E-state index is 0.124. The summed E-state index contributed by atoms with van der Waals surface area (Å²) in [5, 5.41) is 14.7. The maximum Gasteiger partial charge on any atom is 0.329 e. The van der Waals surface area contributed by atoms with Crippen molar-refractivity contribution in [2.45, 2.75) is 26.5 Å². The first kappa shape index (κ1) is 20.5. The highest BCUT2D eigenvalue weighted by atomic mass is 35.5. The lowest BCUT2D eigenvalue weighted by Gasteiger charge is -2.20. The number of aromatic nitrogens is 4. The molecular formula is C20H20ClN5O3. The predicted molar refractivity (Wildman–Crippen MR) is 106 cm³/mol. The molecule has 0 fully saturated rings. The minimum Gasteiger partial charge on any atom is -0.456 e. The van der Waals surface area contributed by atoms with Crippen LogP contribution in [0.1, 0.15) is 30.0 Å². The molecule has 1 amide bonds. The SMILES string of the molecule is CC(C)[C@H](NC(=O)c1ccc(Cl)cc1)C(=O)OCc1nnnn1-c1ccccc1. The number of nitrogens with zero attached hydrogens (tertiary/aromatic N) is 4. The van der Waals surface area contributed by atoms with Crippen LogP contribution < -0.4 is 5.32 Å². The topological polar surface area (TPSA) is 99.0 Å². The second-order valence-corrected chi connectivity index (χ2v) is 7.09. The van der Waals surface area contributed by atoms with Gasteiger partial charge in [-0.25, -0.2) is 4.79 Å². The Morgan fingerprint density at radius 1 is 1.10 bits per heavy atom. The first-order valence-electron chi connectivity index (χ1n) is 9.01. The number of tetrazole rings is 1. The number of esters is 1. The smallest absolute Gasteiger partial charge is 0.329 e. The van der Waals surface area contributed by atoms with E-state index in [0.29, 0.717) is 16.4 Å². The van der Waals surface area contributed by atoms with Crippen LogP contribution in [-0.4, -0.2) is 38.1 Å². The Hall–Kier alpha value is -3.26. The number of carbonyl (C=O) groups excluding carboxylic acids is 2. The number of ether oxygens (including phenoxy) is 1. The number of para-hydroxylation sites is 1. The van der Waals surface area contributed by atoms with Gasteiger partial charge in [-0.1, -0.05) is 43.6 Å². The fourth-order valence-corrected chi connectivity index (χ4v) is 2.74. The molecule has 2 aromatic carbocycles. The largest absolute Gasteiger partial charge is 0.456 e. The van der Waals surface area contributed by atoms with Crippen molar-refractivity contribution in [3.8, 4) is 5.69 Å². The van der Waals surface area contributed by atoms with Crippen molar-refractivity contribution in [3.63, 3.8) is 0 Å².